The summed E-state index contributed by atoms with van der Waals surface area (Å²) in [5, 5.41) is 2.25. The summed E-state index contributed by atoms with van der Waals surface area (Å²) in [6, 6.07) is 13.8. The molecule has 0 aliphatic heterocycles. The second-order valence-electron chi connectivity index (χ2n) is 4.15. The number of carbonyl (C=O) groups is 1. The van der Waals surface area contributed by atoms with E-state index in [9.17, 15) is 4.79 Å². The molecule has 2 aromatic carbocycles. The number of fused-ring (bicyclic) bond motifs is 1. The second kappa shape index (κ2) is 6.05. The quantitative estimate of drug-likeness (QED) is 0.475. The Morgan fingerprint density at radius 2 is 1.89 bits per heavy atom. The molecule has 0 spiro atoms. The molecular formula is C16H16O3. The van der Waals surface area contributed by atoms with Gasteiger partial charge in [-0.3, -0.25) is 0 Å². The molecule has 0 N–H and O–H groups in total. The number of esters is 1. The summed E-state index contributed by atoms with van der Waals surface area (Å²) >= 11 is 0. The fourth-order valence-electron chi connectivity index (χ4n) is 1.69. The van der Waals surface area contributed by atoms with Gasteiger partial charge in [-0.25, -0.2) is 4.79 Å². The fourth-order valence-corrected chi connectivity index (χ4v) is 1.69. The maximum atomic E-state index is 11.4. The minimum atomic E-state index is -0.358. The van der Waals surface area contributed by atoms with Crippen molar-refractivity contribution in [2.45, 2.75) is 13.8 Å². The van der Waals surface area contributed by atoms with Crippen molar-refractivity contribution in [3.05, 3.63) is 54.3 Å². The van der Waals surface area contributed by atoms with Crippen LogP contribution in [0.15, 0.2) is 54.3 Å². The first-order chi connectivity index (χ1) is 9.20. The number of rotatable bonds is 4. The zero-order valence-electron chi connectivity index (χ0n) is 11.1. The van der Waals surface area contributed by atoms with Crippen LogP contribution >= 0.6 is 0 Å². The van der Waals surface area contributed by atoms with Gasteiger partial charge in [0.25, 0.3) is 0 Å². The maximum Gasteiger partial charge on any atom is 0.336 e. The molecule has 0 saturated carbocycles. The third kappa shape index (κ3) is 3.35. The number of hydrogen-bond acceptors (Lipinski definition) is 3. The van der Waals surface area contributed by atoms with Crippen molar-refractivity contribution in [2.24, 2.45) is 0 Å². The summed E-state index contributed by atoms with van der Waals surface area (Å²) in [7, 11) is 0. The fraction of sp³-hybridized carbons (Fsp3) is 0.188. The summed E-state index contributed by atoms with van der Waals surface area (Å²) in [4.78, 5) is 11.4. The highest BCUT2D eigenvalue weighted by atomic mass is 16.5. The van der Waals surface area contributed by atoms with E-state index in [1.165, 1.54) is 6.26 Å². The standard InChI is InChI=1S/C16H16O3/c1-3-18-16(17)12(2)11-19-15-9-8-13-6-4-5-7-14(13)10-15/h4-11H,3H2,1-2H3/b12-11+. The first-order valence-electron chi connectivity index (χ1n) is 6.20. The van der Waals surface area contributed by atoms with E-state index in [2.05, 4.69) is 0 Å². The molecule has 3 nitrogen and oxygen atoms in total. The lowest BCUT2D eigenvalue weighted by molar-refractivity contribution is -0.138. The molecule has 0 aliphatic rings. The van der Waals surface area contributed by atoms with E-state index in [0.717, 1.165) is 10.8 Å². The maximum absolute atomic E-state index is 11.4. The topological polar surface area (TPSA) is 35.5 Å². The van der Waals surface area contributed by atoms with Crippen molar-refractivity contribution >= 4 is 16.7 Å². The van der Waals surface area contributed by atoms with Crippen molar-refractivity contribution in [3.63, 3.8) is 0 Å². The molecule has 0 aliphatic carbocycles. The van der Waals surface area contributed by atoms with Gasteiger partial charge < -0.3 is 9.47 Å². The number of ether oxygens (including phenoxy) is 2. The minimum absolute atomic E-state index is 0.358. The summed E-state index contributed by atoms with van der Waals surface area (Å²) in [6.45, 7) is 3.80. The van der Waals surface area contributed by atoms with E-state index < -0.39 is 0 Å². The summed E-state index contributed by atoms with van der Waals surface area (Å²) in [5.74, 6) is 0.339. The third-order valence-electron chi connectivity index (χ3n) is 2.69. The van der Waals surface area contributed by atoms with Crippen LogP contribution in [0.25, 0.3) is 10.8 Å². The van der Waals surface area contributed by atoms with Gasteiger partial charge in [0.1, 0.15) is 12.0 Å². The van der Waals surface area contributed by atoms with Gasteiger partial charge >= 0.3 is 5.97 Å². The number of benzene rings is 2. The third-order valence-corrected chi connectivity index (χ3v) is 2.69. The molecule has 0 saturated heterocycles. The van der Waals surface area contributed by atoms with Crippen LogP contribution in [0.4, 0.5) is 0 Å². The summed E-state index contributed by atoms with van der Waals surface area (Å²) < 4.78 is 10.4. The van der Waals surface area contributed by atoms with Crippen LogP contribution in [-0.4, -0.2) is 12.6 Å². The highest BCUT2D eigenvalue weighted by Gasteiger charge is 2.04. The summed E-state index contributed by atoms with van der Waals surface area (Å²) in [6.07, 6.45) is 1.42. The van der Waals surface area contributed by atoms with Gasteiger partial charge in [0.15, 0.2) is 0 Å². The van der Waals surface area contributed by atoms with Gasteiger partial charge in [0.05, 0.1) is 12.2 Å². The average Bonchev–Trinajstić information content (AvgIpc) is 2.44. The van der Waals surface area contributed by atoms with Crippen LogP contribution in [0.2, 0.25) is 0 Å². The van der Waals surface area contributed by atoms with Crippen molar-refractivity contribution in [1.29, 1.82) is 0 Å². The molecule has 0 atom stereocenters. The van der Waals surface area contributed by atoms with Crippen LogP contribution in [0.3, 0.4) is 0 Å². The molecule has 2 rings (SSSR count). The van der Waals surface area contributed by atoms with Gasteiger partial charge in [-0.1, -0.05) is 30.3 Å². The van der Waals surface area contributed by atoms with Crippen LogP contribution in [0.5, 0.6) is 5.75 Å². The van der Waals surface area contributed by atoms with E-state index in [-0.39, 0.29) is 5.97 Å². The number of hydrogen-bond donors (Lipinski definition) is 0. The molecule has 0 bridgehead atoms. The molecule has 0 amide bonds. The van der Waals surface area contributed by atoms with E-state index in [1.54, 1.807) is 13.8 Å². The Kier molecular flexibility index (Phi) is 4.18. The van der Waals surface area contributed by atoms with Crippen LogP contribution in [-0.2, 0) is 9.53 Å². The Morgan fingerprint density at radius 3 is 2.63 bits per heavy atom. The lowest BCUT2D eigenvalue weighted by atomic mass is 10.1. The predicted molar refractivity (Wildman–Crippen MR) is 75.0 cm³/mol. The van der Waals surface area contributed by atoms with E-state index >= 15 is 0 Å². The van der Waals surface area contributed by atoms with Crippen molar-refractivity contribution in [2.75, 3.05) is 6.61 Å². The molecule has 0 heterocycles. The Hall–Kier alpha value is -2.29. The lowest BCUT2D eigenvalue weighted by Gasteiger charge is -2.05. The lowest BCUT2D eigenvalue weighted by Crippen LogP contribution is -2.06. The minimum Gasteiger partial charge on any atom is -0.464 e. The molecule has 19 heavy (non-hydrogen) atoms. The van der Waals surface area contributed by atoms with Crippen LogP contribution < -0.4 is 4.74 Å². The van der Waals surface area contributed by atoms with Gasteiger partial charge in [0.2, 0.25) is 0 Å². The van der Waals surface area contributed by atoms with Gasteiger partial charge in [-0.05, 0) is 36.8 Å². The van der Waals surface area contributed by atoms with E-state index in [0.29, 0.717) is 17.9 Å². The molecule has 98 valence electrons. The molecule has 0 aromatic heterocycles. The molecule has 0 unspecified atom stereocenters. The van der Waals surface area contributed by atoms with Crippen molar-refractivity contribution in [3.8, 4) is 5.75 Å². The normalized spacial score (nSPS) is 11.4. The molecular weight excluding hydrogens is 240 g/mol. The van der Waals surface area contributed by atoms with Crippen LogP contribution in [0.1, 0.15) is 13.8 Å². The Morgan fingerprint density at radius 1 is 1.16 bits per heavy atom. The highest BCUT2D eigenvalue weighted by Crippen LogP contribution is 2.20. The van der Waals surface area contributed by atoms with Crippen LogP contribution in [0, 0.1) is 0 Å². The highest BCUT2D eigenvalue weighted by molar-refractivity contribution is 5.87. The van der Waals surface area contributed by atoms with Crippen molar-refractivity contribution < 1.29 is 14.3 Å². The molecule has 0 fully saturated rings. The zero-order chi connectivity index (χ0) is 13.7. The van der Waals surface area contributed by atoms with E-state index in [1.807, 2.05) is 42.5 Å². The molecule has 3 heteroatoms. The zero-order valence-corrected chi connectivity index (χ0v) is 11.1. The van der Waals surface area contributed by atoms with Gasteiger partial charge in [-0.2, -0.15) is 0 Å². The van der Waals surface area contributed by atoms with Crippen molar-refractivity contribution in [1.82, 2.24) is 0 Å². The predicted octanol–water partition coefficient (Wildman–Crippen LogP) is 3.69. The first-order valence-corrected chi connectivity index (χ1v) is 6.20. The van der Waals surface area contributed by atoms with E-state index in [4.69, 9.17) is 9.47 Å². The molecule has 0 radical (unpaired) electrons. The largest absolute Gasteiger partial charge is 0.464 e. The summed E-state index contributed by atoms with van der Waals surface area (Å²) in [5.41, 5.74) is 0.440. The second-order valence-corrected chi connectivity index (χ2v) is 4.15. The first kappa shape index (κ1) is 13.1. The average molecular weight is 256 g/mol. The van der Waals surface area contributed by atoms with Gasteiger partial charge in [0, 0.05) is 0 Å². The Balaban J connectivity index is 2.13. The van der Waals surface area contributed by atoms with Gasteiger partial charge in [-0.15, -0.1) is 0 Å². The monoisotopic (exact) mass is 256 g/mol. The smallest absolute Gasteiger partial charge is 0.336 e. The number of carbonyl (C=O) groups excluding carboxylic acids is 1. The molecule has 2 aromatic rings. The Labute approximate surface area is 112 Å². The SMILES string of the molecule is CCOC(=O)/C(C)=C/Oc1ccc2ccccc2c1. The Bertz CT molecular complexity index is 614.